The fourth-order valence-electron chi connectivity index (χ4n) is 4.05. The second-order valence-electron chi connectivity index (χ2n) is 7.18. The lowest BCUT2D eigenvalue weighted by atomic mass is 9.63. The molecule has 0 amide bonds. The largest absolute Gasteiger partial charge is 0.393 e. The molecule has 24 heavy (non-hydrogen) atoms. The normalized spacial score (nSPS) is 20.4. The summed E-state index contributed by atoms with van der Waals surface area (Å²) in [6.45, 7) is 1.85. The van der Waals surface area contributed by atoms with Crippen LogP contribution in [0.15, 0.2) is 24.5 Å². The number of rotatable bonds is 2. The lowest BCUT2D eigenvalue weighted by Gasteiger charge is -2.48. The maximum Gasteiger partial charge on any atom is 0.393 e. The van der Waals surface area contributed by atoms with Crippen LogP contribution in [0.5, 0.6) is 0 Å². The van der Waals surface area contributed by atoms with Crippen molar-refractivity contribution in [3.05, 3.63) is 30.1 Å². The van der Waals surface area contributed by atoms with Crippen molar-refractivity contribution < 1.29 is 13.2 Å². The molecule has 2 aromatic rings. The van der Waals surface area contributed by atoms with Crippen LogP contribution < -0.4 is 4.90 Å². The summed E-state index contributed by atoms with van der Waals surface area (Å²) in [5.74, 6) is 0.776. The number of anilines is 1. The molecule has 1 saturated heterocycles. The zero-order valence-electron chi connectivity index (χ0n) is 13.4. The van der Waals surface area contributed by atoms with E-state index in [1.54, 1.807) is 12.1 Å². The summed E-state index contributed by atoms with van der Waals surface area (Å²) < 4.78 is 38.1. The van der Waals surface area contributed by atoms with E-state index < -0.39 is 12.6 Å². The zero-order chi connectivity index (χ0) is 16.8. The maximum atomic E-state index is 12.7. The second-order valence-corrected chi connectivity index (χ2v) is 7.18. The van der Waals surface area contributed by atoms with Gasteiger partial charge in [0.2, 0.25) is 0 Å². The lowest BCUT2D eigenvalue weighted by molar-refractivity contribution is -0.127. The Morgan fingerprint density at radius 1 is 1.04 bits per heavy atom. The first-order chi connectivity index (χ1) is 11.4. The van der Waals surface area contributed by atoms with E-state index in [0.29, 0.717) is 10.9 Å². The van der Waals surface area contributed by atoms with Gasteiger partial charge in [0.25, 0.3) is 0 Å². The first-order valence-electron chi connectivity index (χ1n) is 8.50. The van der Waals surface area contributed by atoms with E-state index in [4.69, 9.17) is 0 Å². The highest BCUT2D eigenvalue weighted by molar-refractivity contribution is 5.89. The van der Waals surface area contributed by atoms with Gasteiger partial charge in [0.15, 0.2) is 0 Å². The fraction of sp³-hybridized carbons (Fsp3) is 0.556. The van der Waals surface area contributed by atoms with Crippen molar-refractivity contribution in [3.8, 4) is 0 Å². The van der Waals surface area contributed by atoms with Gasteiger partial charge in [-0.1, -0.05) is 12.5 Å². The van der Waals surface area contributed by atoms with Crippen LogP contribution in [0.25, 0.3) is 10.9 Å². The monoisotopic (exact) mass is 335 g/mol. The minimum absolute atomic E-state index is 0.263. The van der Waals surface area contributed by atoms with Crippen LogP contribution in [0.4, 0.5) is 19.0 Å². The number of benzene rings is 1. The molecule has 1 aliphatic carbocycles. The number of hydrogen-bond donors (Lipinski definition) is 0. The van der Waals surface area contributed by atoms with Gasteiger partial charge >= 0.3 is 6.18 Å². The topological polar surface area (TPSA) is 29.0 Å². The standard InChI is InChI=1S/C18H20F3N3/c19-18(20,21)11-13-2-3-15-14(10-13)16(23-12-22-15)24-8-6-17(7-9-24)4-1-5-17/h2-3,10,12H,1,4-9,11H2. The summed E-state index contributed by atoms with van der Waals surface area (Å²) in [6, 6.07) is 4.77. The summed E-state index contributed by atoms with van der Waals surface area (Å²) >= 11 is 0. The van der Waals surface area contributed by atoms with Crippen molar-refractivity contribution in [2.75, 3.05) is 18.0 Å². The molecule has 1 aromatic carbocycles. The quantitative estimate of drug-likeness (QED) is 0.809. The van der Waals surface area contributed by atoms with Crippen molar-refractivity contribution in [2.45, 2.75) is 44.7 Å². The molecule has 2 fully saturated rings. The third kappa shape index (κ3) is 2.94. The predicted molar refractivity (Wildman–Crippen MR) is 87.0 cm³/mol. The first kappa shape index (κ1) is 15.7. The Kier molecular flexibility index (Phi) is 3.66. The molecule has 1 saturated carbocycles. The van der Waals surface area contributed by atoms with Gasteiger partial charge in [-0.05, 0) is 48.8 Å². The van der Waals surface area contributed by atoms with Crippen LogP contribution in [0.3, 0.4) is 0 Å². The van der Waals surface area contributed by atoms with Gasteiger partial charge in [-0.2, -0.15) is 13.2 Å². The molecule has 0 N–H and O–H groups in total. The Hall–Kier alpha value is -1.85. The molecule has 0 unspecified atom stereocenters. The van der Waals surface area contributed by atoms with Crippen molar-refractivity contribution in [2.24, 2.45) is 5.41 Å². The molecule has 1 aliphatic heterocycles. The number of hydrogen-bond acceptors (Lipinski definition) is 3. The maximum absolute atomic E-state index is 12.7. The minimum atomic E-state index is -4.20. The molecule has 4 rings (SSSR count). The Morgan fingerprint density at radius 3 is 2.42 bits per heavy atom. The predicted octanol–water partition coefficient (Wildman–Crippen LogP) is 4.51. The third-order valence-electron chi connectivity index (χ3n) is 5.62. The first-order valence-corrected chi connectivity index (χ1v) is 8.50. The Labute approximate surface area is 138 Å². The summed E-state index contributed by atoms with van der Waals surface area (Å²) in [4.78, 5) is 10.8. The number of aromatic nitrogens is 2. The van der Waals surface area contributed by atoms with Gasteiger partial charge < -0.3 is 4.90 Å². The van der Waals surface area contributed by atoms with E-state index in [1.807, 2.05) is 0 Å². The summed E-state index contributed by atoms with van der Waals surface area (Å²) in [5.41, 5.74) is 1.49. The number of nitrogens with zero attached hydrogens (tertiary/aromatic N) is 3. The second kappa shape index (κ2) is 5.60. The van der Waals surface area contributed by atoms with Crippen molar-refractivity contribution in [1.82, 2.24) is 9.97 Å². The number of piperidine rings is 1. The van der Waals surface area contributed by atoms with Crippen LogP contribution in [0.1, 0.15) is 37.7 Å². The van der Waals surface area contributed by atoms with E-state index in [0.717, 1.165) is 37.1 Å². The van der Waals surface area contributed by atoms with Crippen LogP contribution in [0, 0.1) is 5.41 Å². The summed E-state index contributed by atoms with van der Waals surface area (Å²) in [5, 5.41) is 0.726. The summed E-state index contributed by atoms with van der Waals surface area (Å²) in [6.07, 6.45) is 2.67. The molecule has 2 aliphatic rings. The third-order valence-corrected chi connectivity index (χ3v) is 5.62. The average molecular weight is 335 g/mol. The molecular weight excluding hydrogens is 315 g/mol. The average Bonchev–Trinajstić information content (AvgIpc) is 2.51. The number of halogens is 3. The smallest absolute Gasteiger partial charge is 0.356 e. The SMILES string of the molecule is FC(F)(F)Cc1ccc2ncnc(N3CCC4(CCC4)CC3)c2c1. The molecule has 0 bridgehead atoms. The van der Waals surface area contributed by atoms with Gasteiger partial charge in [-0.3, -0.25) is 0 Å². The van der Waals surface area contributed by atoms with Crippen molar-refractivity contribution >= 4 is 16.7 Å². The Balaban J connectivity index is 1.63. The van der Waals surface area contributed by atoms with E-state index in [2.05, 4.69) is 14.9 Å². The molecule has 0 atom stereocenters. The minimum Gasteiger partial charge on any atom is -0.356 e. The number of fused-ring (bicyclic) bond motifs is 1. The molecule has 2 heterocycles. The van der Waals surface area contributed by atoms with Gasteiger partial charge in [0.05, 0.1) is 11.9 Å². The molecule has 0 radical (unpaired) electrons. The van der Waals surface area contributed by atoms with Crippen LogP contribution >= 0.6 is 0 Å². The highest BCUT2D eigenvalue weighted by Gasteiger charge is 2.40. The molecule has 1 spiro atoms. The van der Waals surface area contributed by atoms with Crippen LogP contribution in [-0.2, 0) is 6.42 Å². The van der Waals surface area contributed by atoms with Crippen molar-refractivity contribution in [3.63, 3.8) is 0 Å². The van der Waals surface area contributed by atoms with E-state index >= 15 is 0 Å². The van der Waals surface area contributed by atoms with E-state index in [1.165, 1.54) is 31.7 Å². The van der Waals surface area contributed by atoms with Gasteiger partial charge in [-0.15, -0.1) is 0 Å². The molecular formula is C18H20F3N3. The highest BCUT2D eigenvalue weighted by atomic mass is 19.4. The molecule has 1 aromatic heterocycles. The zero-order valence-corrected chi connectivity index (χ0v) is 13.4. The van der Waals surface area contributed by atoms with E-state index in [9.17, 15) is 13.2 Å². The fourth-order valence-corrected chi connectivity index (χ4v) is 4.05. The molecule has 6 heteroatoms. The van der Waals surface area contributed by atoms with Crippen LogP contribution in [-0.4, -0.2) is 29.2 Å². The van der Waals surface area contributed by atoms with E-state index in [-0.39, 0.29) is 5.56 Å². The Bertz CT molecular complexity index is 743. The Morgan fingerprint density at radius 2 is 1.79 bits per heavy atom. The summed E-state index contributed by atoms with van der Waals surface area (Å²) in [7, 11) is 0. The molecule has 128 valence electrons. The van der Waals surface area contributed by atoms with Gasteiger partial charge in [-0.25, -0.2) is 9.97 Å². The lowest BCUT2D eigenvalue weighted by Crippen LogP contribution is -2.43. The van der Waals surface area contributed by atoms with Crippen molar-refractivity contribution in [1.29, 1.82) is 0 Å². The van der Waals surface area contributed by atoms with Gasteiger partial charge in [0, 0.05) is 18.5 Å². The van der Waals surface area contributed by atoms with Gasteiger partial charge in [0.1, 0.15) is 12.1 Å². The number of alkyl halides is 3. The van der Waals surface area contributed by atoms with Crippen LogP contribution in [0.2, 0.25) is 0 Å². The highest BCUT2D eigenvalue weighted by Crippen LogP contribution is 2.49. The molecule has 3 nitrogen and oxygen atoms in total.